The van der Waals surface area contributed by atoms with E-state index in [0.29, 0.717) is 6.04 Å². The summed E-state index contributed by atoms with van der Waals surface area (Å²) in [6, 6.07) is 10.7. The average Bonchev–Trinajstić information content (AvgIpc) is 3.00. The first-order chi connectivity index (χ1) is 10.2. The number of rotatable bonds is 5. The molecular formula is C16H24IN5. The van der Waals surface area contributed by atoms with E-state index in [-0.39, 0.29) is 24.0 Å². The highest BCUT2D eigenvalue weighted by molar-refractivity contribution is 14.0. The highest BCUT2D eigenvalue weighted by Gasteiger charge is 2.00. The van der Waals surface area contributed by atoms with Crippen LogP contribution in [0, 0.1) is 0 Å². The van der Waals surface area contributed by atoms with E-state index in [0.717, 1.165) is 24.6 Å². The molecule has 1 heterocycles. The van der Waals surface area contributed by atoms with Crippen LogP contribution in [-0.4, -0.2) is 35.4 Å². The quantitative estimate of drug-likeness (QED) is 0.450. The molecule has 0 atom stereocenters. The monoisotopic (exact) mass is 413 g/mol. The number of nitrogens with zero attached hydrogens (tertiary/aromatic N) is 3. The Kier molecular flexibility index (Phi) is 7.94. The first-order valence-electron chi connectivity index (χ1n) is 7.25. The molecule has 0 radical (unpaired) electrons. The van der Waals surface area contributed by atoms with Gasteiger partial charge in [0.15, 0.2) is 5.96 Å². The Morgan fingerprint density at radius 3 is 2.55 bits per heavy atom. The minimum Gasteiger partial charge on any atom is -0.356 e. The van der Waals surface area contributed by atoms with Crippen LogP contribution in [0.2, 0.25) is 0 Å². The zero-order valence-electron chi connectivity index (χ0n) is 13.3. The molecule has 2 aromatic rings. The molecule has 1 aromatic heterocycles. The van der Waals surface area contributed by atoms with Gasteiger partial charge in [0.25, 0.3) is 0 Å². The van der Waals surface area contributed by atoms with Crippen LogP contribution in [-0.2, 0) is 6.42 Å². The van der Waals surface area contributed by atoms with Gasteiger partial charge in [0.05, 0.1) is 5.69 Å². The van der Waals surface area contributed by atoms with Gasteiger partial charge in [-0.15, -0.1) is 24.0 Å². The second kappa shape index (κ2) is 9.45. The van der Waals surface area contributed by atoms with Crippen LogP contribution in [0.3, 0.4) is 0 Å². The largest absolute Gasteiger partial charge is 0.356 e. The lowest BCUT2D eigenvalue weighted by Crippen LogP contribution is -2.41. The van der Waals surface area contributed by atoms with E-state index in [9.17, 15) is 0 Å². The maximum Gasteiger partial charge on any atom is 0.191 e. The second-order valence-corrected chi connectivity index (χ2v) is 5.17. The van der Waals surface area contributed by atoms with Gasteiger partial charge in [-0.05, 0) is 44.0 Å². The van der Waals surface area contributed by atoms with Gasteiger partial charge >= 0.3 is 0 Å². The summed E-state index contributed by atoms with van der Waals surface area (Å²) in [6.45, 7) is 5.05. The highest BCUT2D eigenvalue weighted by atomic mass is 127. The predicted molar refractivity (Wildman–Crippen MR) is 102 cm³/mol. The highest BCUT2D eigenvalue weighted by Crippen LogP contribution is 2.08. The first-order valence-corrected chi connectivity index (χ1v) is 7.25. The summed E-state index contributed by atoms with van der Waals surface area (Å²) in [6.07, 6.45) is 4.68. The Bertz CT molecular complexity index is 561. The Balaban J connectivity index is 0.00000242. The molecule has 0 unspecified atom stereocenters. The molecule has 6 heteroatoms. The Morgan fingerprint density at radius 1 is 1.27 bits per heavy atom. The lowest BCUT2D eigenvalue weighted by atomic mass is 10.1. The number of aliphatic imine (C=N–C) groups is 1. The van der Waals surface area contributed by atoms with E-state index >= 15 is 0 Å². The van der Waals surface area contributed by atoms with Crippen LogP contribution in [0.4, 0.5) is 0 Å². The number of nitrogens with one attached hydrogen (secondary N) is 2. The Labute approximate surface area is 149 Å². The topological polar surface area (TPSA) is 54.2 Å². The zero-order chi connectivity index (χ0) is 15.1. The molecule has 0 saturated heterocycles. The van der Waals surface area contributed by atoms with Crippen molar-refractivity contribution in [3.63, 3.8) is 0 Å². The van der Waals surface area contributed by atoms with E-state index in [1.54, 1.807) is 13.2 Å². The van der Waals surface area contributed by atoms with Crippen molar-refractivity contribution in [1.82, 2.24) is 20.4 Å². The average molecular weight is 413 g/mol. The molecular weight excluding hydrogens is 389 g/mol. The number of hydrogen-bond acceptors (Lipinski definition) is 2. The minimum atomic E-state index is 0. The number of hydrogen-bond donors (Lipinski definition) is 2. The Hall–Kier alpha value is -1.57. The second-order valence-electron chi connectivity index (χ2n) is 5.17. The summed E-state index contributed by atoms with van der Waals surface area (Å²) in [5, 5.41) is 10.8. The number of halogens is 1. The number of guanidine groups is 1. The van der Waals surface area contributed by atoms with Crippen LogP contribution >= 0.6 is 24.0 Å². The van der Waals surface area contributed by atoms with E-state index in [2.05, 4.69) is 58.8 Å². The summed E-state index contributed by atoms with van der Waals surface area (Å²) in [7, 11) is 1.79. The van der Waals surface area contributed by atoms with E-state index in [1.165, 1.54) is 5.56 Å². The molecule has 5 nitrogen and oxygen atoms in total. The Morgan fingerprint density at radius 2 is 2.00 bits per heavy atom. The van der Waals surface area contributed by atoms with Gasteiger partial charge in [-0.2, -0.15) is 5.10 Å². The van der Waals surface area contributed by atoms with Crippen molar-refractivity contribution in [2.24, 2.45) is 4.99 Å². The van der Waals surface area contributed by atoms with E-state index in [4.69, 9.17) is 0 Å². The summed E-state index contributed by atoms with van der Waals surface area (Å²) in [5.41, 5.74) is 2.37. The SMILES string of the molecule is CN=C(NCCc1ccc(-n2cccn2)cc1)NC(C)C.I. The van der Waals surface area contributed by atoms with Crippen LogP contribution in [0.5, 0.6) is 0 Å². The third-order valence-electron chi connectivity index (χ3n) is 3.06. The van der Waals surface area contributed by atoms with Gasteiger partial charge in [-0.25, -0.2) is 4.68 Å². The van der Waals surface area contributed by atoms with Gasteiger partial charge in [-0.3, -0.25) is 4.99 Å². The lowest BCUT2D eigenvalue weighted by molar-refractivity contribution is 0.698. The van der Waals surface area contributed by atoms with E-state index in [1.807, 2.05) is 16.9 Å². The molecule has 0 aliphatic heterocycles. The van der Waals surface area contributed by atoms with Crippen molar-refractivity contribution in [3.05, 3.63) is 48.3 Å². The van der Waals surface area contributed by atoms with Crippen LogP contribution in [0.25, 0.3) is 5.69 Å². The molecule has 0 amide bonds. The molecule has 0 saturated carbocycles. The van der Waals surface area contributed by atoms with Gasteiger partial charge in [0, 0.05) is 32.0 Å². The third kappa shape index (κ3) is 5.67. The fraction of sp³-hybridized carbons (Fsp3) is 0.375. The summed E-state index contributed by atoms with van der Waals surface area (Å²) in [5.74, 6) is 0.846. The first kappa shape index (κ1) is 18.5. The van der Waals surface area contributed by atoms with Crippen molar-refractivity contribution in [1.29, 1.82) is 0 Å². The fourth-order valence-corrected chi connectivity index (χ4v) is 2.03. The maximum atomic E-state index is 4.22. The molecule has 2 rings (SSSR count). The standard InChI is InChI=1S/C16H23N5.HI/c1-13(2)20-16(17-3)18-11-9-14-5-7-15(8-6-14)21-12-4-10-19-21;/h4-8,10,12-13H,9,11H2,1-3H3,(H2,17,18,20);1H. The zero-order valence-corrected chi connectivity index (χ0v) is 15.6. The van der Waals surface area contributed by atoms with Crippen molar-refractivity contribution < 1.29 is 0 Å². The predicted octanol–water partition coefficient (Wildman–Crippen LogP) is 2.61. The van der Waals surface area contributed by atoms with Gasteiger partial charge < -0.3 is 10.6 Å². The smallest absolute Gasteiger partial charge is 0.191 e. The van der Waals surface area contributed by atoms with Gasteiger partial charge in [-0.1, -0.05) is 12.1 Å². The van der Waals surface area contributed by atoms with Crippen LogP contribution in [0.15, 0.2) is 47.7 Å². The van der Waals surface area contributed by atoms with Crippen molar-refractivity contribution >= 4 is 29.9 Å². The van der Waals surface area contributed by atoms with Crippen molar-refractivity contribution in [3.8, 4) is 5.69 Å². The summed E-state index contributed by atoms with van der Waals surface area (Å²) in [4.78, 5) is 4.19. The van der Waals surface area contributed by atoms with Crippen LogP contribution < -0.4 is 10.6 Å². The van der Waals surface area contributed by atoms with Crippen molar-refractivity contribution in [2.75, 3.05) is 13.6 Å². The lowest BCUT2D eigenvalue weighted by Gasteiger charge is -2.14. The fourth-order valence-electron chi connectivity index (χ4n) is 2.03. The third-order valence-corrected chi connectivity index (χ3v) is 3.06. The molecule has 2 N–H and O–H groups in total. The molecule has 0 aliphatic carbocycles. The molecule has 22 heavy (non-hydrogen) atoms. The number of aromatic nitrogens is 2. The molecule has 1 aromatic carbocycles. The molecule has 0 aliphatic rings. The normalized spacial score (nSPS) is 11.2. The molecule has 0 spiro atoms. The van der Waals surface area contributed by atoms with E-state index < -0.39 is 0 Å². The summed E-state index contributed by atoms with van der Waals surface area (Å²) < 4.78 is 1.86. The number of benzene rings is 1. The molecule has 120 valence electrons. The van der Waals surface area contributed by atoms with Gasteiger partial charge in [0.1, 0.15) is 0 Å². The summed E-state index contributed by atoms with van der Waals surface area (Å²) >= 11 is 0. The molecule has 0 fully saturated rings. The van der Waals surface area contributed by atoms with Crippen molar-refractivity contribution in [2.45, 2.75) is 26.3 Å². The van der Waals surface area contributed by atoms with Gasteiger partial charge in [0.2, 0.25) is 0 Å². The maximum absolute atomic E-state index is 4.22. The van der Waals surface area contributed by atoms with Crippen LogP contribution in [0.1, 0.15) is 19.4 Å². The minimum absolute atomic E-state index is 0. The molecule has 0 bridgehead atoms.